The molecule has 0 atom stereocenters. The first kappa shape index (κ1) is 11.0. The molecule has 1 aromatic carbocycles. The van der Waals surface area contributed by atoms with Gasteiger partial charge >= 0.3 is 5.91 Å². The van der Waals surface area contributed by atoms with Crippen molar-refractivity contribution in [1.29, 1.82) is 0 Å². The Hall–Kier alpha value is -2.06. The zero-order valence-electron chi connectivity index (χ0n) is 7.36. The molecule has 0 heterocycles. The minimum atomic E-state index is -0.620. The highest BCUT2D eigenvalue weighted by atomic mass is 35.5. The third-order valence-electron chi connectivity index (χ3n) is 1.48. The molecule has 1 N–H and O–H groups in total. The summed E-state index contributed by atoms with van der Waals surface area (Å²) in [6.45, 7) is 0. The monoisotopic (exact) mass is 224 g/mol. The van der Waals surface area contributed by atoms with Crippen LogP contribution in [0.5, 0.6) is 0 Å². The van der Waals surface area contributed by atoms with Crippen molar-refractivity contribution in [2.75, 3.05) is 5.32 Å². The summed E-state index contributed by atoms with van der Waals surface area (Å²) in [6.07, 6.45) is 0. The largest absolute Gasteiger partial charge is 0.315 e. The molecule has 76 valence electrons. The highest BCUT2D eigenvalue weighted by molar-refractivity contribution is 6.32. The molecule has 0 aliphatic heterocycles. The fourth-order valence-corrected chi connectivity index (χ4v) is 0.988. The lowest BCUT2D eigenvalue weighted by Gasteiger charge is -1.99. The minimum absolute atomic E-state index is 0.105. The Morgan fingerprint density at radius 2 is 2.27 bits per heavy atom. The van der Waals surface area contributed by atoms with E-state index in [9.17, 15) is 14.9 Å². The number of nitro benzene ring substituents is 1. The van der Waals surface area contributed by atoms with Crippen LogP contribution in [0.15, 0.2) is 24.3 Å². The van der Waals surface area contributed by atoms with Gasteiger partial charge in [-0.25, -0.2) is 0 Å². The maximum absolute atomic E-state index is 11.0. The molecule has 0 saturated heterocycles. The molecule has 1 amide bonds. The molecule has 0 saturated carbocycles. The van der Waals surface area contributed by atoms with E-state index in [1.54, 1.807) is 0 Å². The lowest BCUT2D eigenvalue weighted by Crippen LogP contribution is -2.08. The van der Waals surface area contributed by atoms with E-state index in [4.69, 9.17) is 11.6 Å². The number of halogens is 1. The summed E-state index contributed by atoms with van der Waals surface area (Å²) in [5.41, 5.74) is 0.195. The molecule has 6 heteroatoms. The van der Waals surface area contributed by atoms with E-state index in [1.165, 1.54) is 24.3 Å². The molecule has 15 heavy (non-hydrogen) atoms. The molecule has 0 aromatic heterocycles. The molecular weight excluding hydrogens is 220 g/mol. The van der Waals surface area contributed by atoms with Crippen molar-refractivity contribution in [1.82, 2.24) is 0 Å². The van der Waals surface area contributed by atoms with E-state index in [2.05, 4.69) is 5.32 Å². The lowest BCUT2D eigenvalue weighted by molar-refractivity contribution is -0.384. The number of amides is 1. The lowest BCUT2D eigenvalue weighted by atomic mass is 10.3. The van der Waals surface area contributed by atoms with Gasteiger partial charge in [-0.3, -0.25) is 14.9 Å². The first-order valence-electron chi connectivity index (χ1n) is 3.80. The molecule has 1 rings (SSSR count). The second-order valence-corrected chi connectivity index (χ2v) is 2.67. The van der Waals surface area contributed by atoms with Gasteiger partial charge in [-0.1, -0.05) is 6.07 Å². The van der Waals surface area contributed by atoms with Crippen molar-refractivity contribution in [3.05, 3.63) is 34.4 Å². The topological polar surface area (TPSA) is 72.2 Å². The van der Waals surface area contributed by atoms with Gasteiger partial charge in [0.05, 0.1) is 4.92 Å². The molecule has 0 bridgehead atoms. The van der Waals surface area contributed by atoms with Crippen LogP contribution in [0.2, 0.25) is 0 Å². The van der Waals surface area contributed by atoms with E-state index in [-0.39, 0.29) is 5.69 Å². The van der Waals surface area contributed by atoms with Crippen molar-refractivity contribution in [3.8, 4) is 11.3 Å². The number of hydrogen-bond donors (Lipinski definition) is 1. The van der Waals surface area contributed by atoms with Crippen LogP contribution < -0.4 is 5.32 Å². The Morgan fingerprint density at radius 3 is 2.87 bits per heavy atom. The molecule has 0 aliphatic carbocycles. The number of nitro groups is 1. The second kappa shape index (κ2) is 4.98. The fourth-order valence-electron chi connectivity index (χ4n) is 0.902. The van der Waals surface area contributed by atoms with Crippen molar-refractivity contribution in [2.24, 2.45) is 0 Å². The van der Waals surface area contributed by atoms with Crippen molar-refractivity contribution >= 4 is 28.9 Å². The SMILES string of the molecule is O=C(C#CCl)Nc1cccc([N+](=O)[O-])c1. The van der Waals surface area contributed by atoms with Gasteiger partial charge in [0.2, 0.25) is 0 Å². The first-order chi connectivity index (χ1) is 7.13. The highest BCUT2D eigenvalue weighted by Crippen LogP contribution is 2.16. The average molecular weight is 225 g/mol. The third kappa shape index (κ3) is 3.29. The summed E-state index contributed by atoms with van der Waals surface area (Å²) in [5.74, 6) is 1.42. The van der Waals surface area contributed by atoms with Crippen LogP contribution in [0.1, 0.15) is 0 Å². The number of non-ortho nitro benzene ring substituents is 1. The number of carbonyl (C=O) groups is 1. The van der Waals surface area contributed by atoms with E-state index in [0.29, 0.717) is 5.69 Å². The van der Waals surface area contributed by atoms with Gasteiger partial charge in [-0.15, -0.1) is 0 Å². The van der Waals surface area contributed by atoms with Gasteiger partial charge in [0.1, 0.15) is 0 Å². The maximum atomic E-state index is 11.0. The zero-order valence-corrected chi connectivity index (χ0v) is 8.12. The molecule has 0 aliphatic rings. The van der Waals surface area contributed by atoms with E-state index < -0.39 is 10.8 Å². The van der Waals surface area contributed by atoms with Crippen LogP contribution in [-0.2, 0) is 4.79 Å². The number of carbonyl (C=O) groups excluding carboxylic acids is 1. The molecule has 0 spiro atoms. The van der Waals surface area contributed by atoms with Gasteiger partial charge in [0, 0.05) is 29.1 Å². The summed E-state index contributed by atoms with van der Waals surface area (Å²) in [7, 11) is 0. The standard InChI is InChI=1S/C9H5ClN2O3/c10-5-4-9(13)11-7-2-1-3-8(6-7)12(14)15/h1-3,6H,(H,11,13). The number of nitrogens with one attached hydrogen (secondary N) is 1. The van der Waals surface area contributed by atoms with Crippen molar-refractivity contribution < 1.29 is 9.72 Å². The Balaban J connectivity index is 2.85. The van der Waals surface area contributed by atoms with Crippen LogP contribution >= 0.6 is 11.6 Å². The molecule has 0 fully saturated rings. The van der Waals surface area contributed by atoms with Crippen LogP contribution in [0.3, 0.4) is 0 Å². The molecule has 0 radical (unpaired) electrons. The number of benzene rings is 1. The van der Waals surface area contributed by atoms with Crippen molar-refractivity contribution in [2.45, 2.75) is 0 Å². The smallest absolute Gasteiger partial charge is 0.301 e. The second-order valence-electron chi connectivity index (χ2n) is 2.48. The van der Waals surface area contributed by atoms with E-state index in [0.717, 1.165) is 0 Å². The normalized spacial score (nSPS) is 8.60. The molecular formula is C9H5ClN2O3. The summed E-state index contributed by atoms with van der Waals surface area (Å²) < 4.78 is 0. The number of anilines is 1. The Morgan fingerprint density at radius 1 is 1.53 bits per heavy atom. The molecule has 1 aromatic rings. The van der Waals surface area contributed by atoms with Crippen LogP contribution in [0.4, 0.5) is 11.4 Å². The van der Waals surface area contributed by atoms with Gasteiger partial charge < -0.3 is 5.32 Å². The zero-order chi connectivity index (χ0) is 11.3. The van der Waals surface area contributed by atoms with Gasteiger partial charge in [-0.05, 0) is 17.7 Å². The minimum Gasteiger partial charge on any atom is -0.315 e. The third-order valence-corrected chi connectivity index (χ3v) is 1.57. The quantitative estimate of drug-likeness (QED) is 0.472. The van der Waals surface area contributed by atoms with Crippen LogP contribution in [0.25, 0.3) is 0 Å². The first-order valence-corrected chi connectivity index (χ1v) is 4.18. The number of nitrogens with zero attached hydrogens (tertiary/aromatic N) is 1. The van der Waals surface area contributed by atoms with E-state index >= 15 is 0 Å². The predicted molar refractivity (Wildman–Crippen MR) is 55.4 cm³/mol. The average Bonchev–Trinajstić information content (AvgIpc) is 2.18. The van der Waals surface area contributed by atoms with Gasteiger partial charge in [-0.2, -0.15) is 0 Å². The molecule has 5 nitrogen and oxygen atoms in total. The van der Waals surface area contributed by atoms with Gasteiger partial charge in [0.15, 0.2) is 0 Å². The Bertz CT molecular complexity index is 462. The van der Waals surface area contributed by atoms with E-state index in [1.807, 2.05) is 11.3 Å². The highest BCUT2D eigenvalue weighted by Gasteiger charge is 2.06. The Kier molecular flexibility index (Phi) is 3.66. The fraction of sp³-hybridized carbons (Fsp3) is 0. The number of hydrogen-bond acceptors (Lipinski definition) is 3. The summed E-state index contributed by atoms with van der Waals surface area (Å²) in [4.78, 5) is 20.8. The van der Waals surface area contributed by atoms with Crippen LogP contribution in [0, 0.1) is 21.4 Å². The van der Waals surface area contributed by atoms with Crippen molar-refractivity contribution in [3.63, 3.8) is 0 Å². The summed E-state index contributed by atoms with van der Waals surface area (Å²) in [5, 5.41) is 14.6. The van der Waals surface area contributed by atoms with Crippen LogP contribution in [-0.4, -0.2) is 10.8 Å². The maximum Gasteiger partial charge on any atom is 0.301 e. The number of rotatable bonds is 2. The Labute approximate surface area is 90.2 Å². The molecule has 0 unspecified atom stereocenters. The summed E-state index contributed by atoms with van der Waals surface area (Å²) >= 11 is 5.01. The predicted octanol–water partition coefficient (Wildman–Crippen LogP) is 1.73. The summed E-state index contributed by atoms with van der Waals surface area (Å²) in [6, 6.07) is 5.53. The van der Waals surface area contributed by atoms with Gasteiger partial charge in [0.25, 0.3) is 5.69 Å².